The number of nitrogens with one attached hydrogen (secondary N) is 1. The summed E-state index contributed by atoms with van der Waals surface area (Å²) in [6.07, 6.45) is 0. The highest BCUT2D eigenvalue weighted by Crippen LogP contribution is 2.17. The van der Waals surface area contributed by atoms with Crippen LogP contribution in [-0.2, 0) is 14.3 Å². The number of amides is 1. The third kappa shape index (κ3) is 6.94. The number of rotatable bonds is 10. The van der Waals surface area contributed by atoms with Crippen molar-refractivity contribution in [2.75, 3.05) is 26.4 Å². The highest BCUT2D eigenvalue weighted by Gasteiger charge is 2.13. The number of hydrogen-bond donors (Lipinski definition) is 2. The molecule has 122 valence electrons. The van der Waals surface area contributed by atoms with E-state index in [0.29, 0.717) is 31.3 Å². The number of carbonyl (C=O) groups excluding carboxylic acids is 1. The first kappa shape index (κ1) is 17.8. The molecule has 1 aromatic rings. The van der Waals surface area contributed by atoms with E-state index in [1.165, 1.54) is 6.92 Å². The molecule has 2 N–H and O–H groups in total. The van der Waals surface area contributed by atoms with Crippen LogP contribution in [0, 0.1) is 0 Å². The van der Waals surface area contributed by atoms with E-state index >= 15 is 0 Å². The van der Waals surface area contributed by atoms with E-state index in [4.69, 9.17) is 19.3 Å². The first-order valence-electron chi connectivity index (χ1n) is 6.98. The molecule has 0 aliphatic rings. The zero-order chi connectivity index (χ0) is 16.4. The van der Waals surface area contributed by atoms with Crippen molar-refractivity contribution in [3.8, 4) is 11.5 Å². The first-order valence-corrected chi connectivity index (χ1v) is 6.98. The summed E-state index contributed by atoms with van der Waals surface area (Å²) in [6.45, 7) is 4.69. The van der Waals surface area contributed by atoms with Gasteiger partial charge in [-0.1, -0.05) is 0 Å². The summed E-state index contributed by atoms with van der Waals surface area (Å²) < 4.78 is 15.9. The number of ether oxygens (including phenoxy) is 3. The Hall–Kier alpha value is -2.28. The van der Waals surface area contributed by atoms with Crippen LogP contribution < -0.4 is 14.8 Å². The Labute approximate surface area is 129 Å². The molecule has 1 aromatic carbocycles. The summed E-state index contributed by atoms with van der Waals surface area (Å²) >= 11 is 0. The zero-order valence-electron chi connectivity index (χ0n) is 12.7. The molecule has 7 nitrogen and oxygen atoms in total. The lowest BCUT2D eigenvalue weighted by molar-refractivity contribution is -0.141. The average Bonchev–Trinajstić information content (AvgIpc) is 2.50. The maximum atomic E-state index is 11.5. The van der Waals surface area contributed by atoms with Gasteiger partial charge in [-0.2, -0.15) is 0 Å². The smallest absolute Gasteiger partial charge is 0.325 e. The standard InChI is InChI=1S/C15H21NO6/c1-3-20-8-9-21-12-4-6-13(7-5-12)22-10-14(17)16-11(2)15(18)19/h4-7,11H,3,8-10H2,1-2H3,(H,16,17)(H,18,19). The van der Waals surface area contributed by atoms with Crippen molar-refractivity contribution in [2.45, 2.75) is 19.9 Å². The van der Waals surface area contributed by atoms with Crippen LogP contribution in [0.2, 0.25) is 0 Å². The van der Waals surface area contributed by atoms with Crippen molar-refractivity contribution in [1.82, 2.24) is 5.32 Å². The normalized spacial score (nSPS) is 11.5. The van der Waals surface area contributed by atoms with Crippen LogP contribution in [0.15, 0.2) is 24.3 Å². The summed E-state index contributed by atoms with van der Waals surface area (Å²) in [6, 6.07) is 5.84. The van der Waals surface area contributed by atoms with Gasteiger partial charge in [-0.3, -0.25) is 9.59 Å². The van der Waals surface area contributed by atoms with Crippen LogP contribution in [0.25, 0.3) is 0 Å². The number of hydrogen-bond acceptors (Lipinski definition) is 5. The number of carbonyl (C=O) groups is 2. The minimum atomic E-state index is -1.10. The maximum Gasteiger partial charge on any atom is 0.325 e. The van der Waals surface area contributed by atoms with Gasteiger partial charge in [0.15, 0.2) is 6.61 Å². The summed E-state index contributed by atoms with van der Waals surface area (Å²) in [5, 5.41) is 11.0. The molecule has 1 amide bonds. The van der Waals surface area contributed by atoms with Crippen molar-refractivity contribution in [3.05, 3.63) is 24.3 Å². The molecule has 0 aliphatic carbocycles. The number of carboxylic acid groups (broad SMARTS) is 1. The average molecular weight is 311 g/mol. The number of benzene rings is 1. The molecule has 0 saturated heterocycles. The van der Waals surface area contributed by atoms with Gasteiger partial charge in [0, 0.05) is 6.61 Å². The number of carboxylic acids is 1. The topological polar surface area (TPSA) is 94.1 Å². The summed E-state index contributed by atoms with van der Waals surface area (Å²) in [7, 11) is 0. The highest BCUT2D eigenvalue weighted by molar-refractivity contribution is 5.84. The van der Waals surface area contributed by atoms with Gasteiger partial charge in [0.25, 0.3) is 5.91 Å². The lowest BCUT2D eigenvalue weighted by Crippen LogP contribution is -2.40. The molecule has 0 spiro atoms. The molecule has 0 bridgehead atoms. The third-order valence-corrected chi connectivity index (χ3v) is 2.64. The molecule has 0 saturated carbocycles. The van der Waals surface area contributed by atoms with Crippen LogP contribution in [0.4, 0.5) is 0 Å². The highest BCUT2D eigenvalue weighted by atomic mass is 16.5. The van der Waals surface area contributed by atoms with E-state index in [2.05, 4.69) is 5.32 Å². The van der Waals surface area contributed by atoms with Gasteiger partial charge in [0.1, 0.15) is 24.1 Å². The van der Waals surface area contributed by atoms with Gasteiger partial charge < -0.3 is 24.6 Å². The summed E-state index contributed by atoms with van der Waals surface area (Å²) in [5.74, 6) is -0.417. The van der Waals surface area contributed by atoms with Crippen LogP contribution >= 0.6 is 0 Å². The SMILES string of the molecule is CCOCCOc1ccc(OCC(=O)NC(C)C(=O)O)cc1. The van der Waals surface area contributed by atoms with Crippen molar-refractivity contribution < 1.29 is 28.9 Å². The van der Waals surface area contributed by atoms with Crippen LogP contribution in [0.1, 0.15) is 13.8 Å². The fourth-order valence-electron chi connectivity index (χ4n) is 1.49. The fourth-order valence-corrected chi connectivity index (χ4v) is 1.49. The molecule has 22 heavy (non-hydrogen) atoms. The molecule has 0 aliphatic heterocycles. The molecule has 0 radical (unpaired) electrons. The summed E-state index contributed by atoms with van der Waals surface area (Å²) in [5.41, 5.74) is 0. The quantitative estimate of drug-likeness (QED) is 0.628. The van der Waals surface area contributed by atoms with Gasteiger partial charge in [0.2, 0.25) is 0 Å². The molecule has 7 heteroatoms. The van der Waals surface area contributed by atoms with Crippen molar-refractivity contribution in [1.29, 1.82) is 0 Å². The van der Waals surface area contributed by atoms with Gasteiger partial charge in [-0.05, 0) is 38.1 Å². The van der Waals surface area contributed by atoms with Crippen molar-refractivity contribution >= 4 is 11.9 Å². The predicted molar refractivity (Wildman–Crippen MR) is 79.2 cm³/mol. The van der Waals surface area contributed by atoms with Gasteiger partial charge in [-0.25, -0.2) is 0 Å². The lowest BCUT2D eigenvalue weighted by Gasteiger charge is -2.11. The second-order valence-corrected chi connectivity index (χ2v) is 4.43. The van der Waals surface area contributed by atoms with E-state index in [1.807, 2.05) is 6.92 Å². The molecule has 1 rings (SSSR count). The van der Waals surface area contributed by atoms with E-state index in [9.17, 15) is 9.59 Å². The van der Waals surface area contributed by atoms with Crippen LogP contribution in [-0.4, -0.2) is 49.5 Å². The van der Waals surface area contributed by atoms with E-state index in [1.54, 1.807) is 24.3 Å². The van der Waals surface area contributed by atoms with Crippen molar-refractivity contribution in [2.24, 2.45) is 0 Å². The molecule has 0 heterocycles. The van der Waals surface area contributed by atoms with Crippen LogP contribution in [0.3, 0.4) is 0 Å². The molecule has 0 aromatic heterocycles. The molecular weight excluding hydrogens is 290 g/mol. The Balaban J connectivity index is 2.32. The third-order valence-electron chi connectivity index (χ3n) is 2.64. The van der Waals surface area contributed by atoms with Gasteiger partial charge in [-0.15, -0.1) is 0 Å². The minimum Gasteiger partial charge on any atom is -0.491 e. The number of aliphatic carboxylic acids is 1. The van der Waals surface area contributed by atoms with E-state index < -0.39 is 17.9 Å². The predicted octanol–water partition coefficient (Wildman–Crippen LogP) is 1.07. The fraction of sp³-hybridized carbons (Fsp3) is 0.467. The Bertz CT molecular complexity index is 473. The van der Waals surface area contributed by atoms with Gasteiger partial charge >= 0.3 is 5.97 Å². The summed E-state index contributed by atoms with van der Waals surface area (Å²) in [4.78, 5) is 22.1. The van der Waals surface area contributed by atoms with Crippen molar-refractivity contribution in [3.63, 3.8) is 0 Å². The van der Waals surface area contributed by atoms with Gasteiger partial charge in [0.05, 0.1) is 6.61 Å². The zero-order valence-corrected chi connectivity index (χ0v) is 12.7. The Kier molecular flexibility index (Phi) is 7.77. The monoisotopic (exact) mass is 311 g/mol. The molecule has 1 unspecified atom stereocenters. The largest absolute Gasteiger partial charge is 0.491 e. The maximum absolute atomic E-state index is 11.5. The molecular formula is C15H21NO6. The minimum absolute atomic E-state index is 0.248. The molecule has 1 atom stereocenters. The van der Waals surface area contributed by atoms with Crippen LogP contribution in [0.5, 0.6) is 11.5 Å². The van der Waals surface area contributed by atoms with E-state index in [-0.39, 0.29) is 6.61 Å². The Morgan fingerprint density at radius 2 is 1.73 bits per heavy atom. The Morgan fingerprint density at radius 1 is 1.14 bits per heavy atom. The first-order chi connectivity index (χ1) is 10.5. The second-order valence-electron chi connectivity index (χ2n) is 4.43. The second kappa shape index (κ2) is 9.62. The van der Waals surface area contributed by atoms with E-state index in [0.717, 1.165) is 0 Å². The molecule has 0 fully saturated rings. The lowest BCUT2D eigenvalue weighted by atomic mass is 10.3. The Morgan fingerprint density at radius 3 is 2.27 bits per heavy atom.